The minimum Gasteiger partial charge on any atom is -0.466 e. The molecule has 4 aromatic rings. The van der Waals surface area contributed by atoms with Gasteiger partial charge in [-0.2, -0.15) is 0 Å². The molecule has 0 aliphatic carbocycles. The number of aryl methyl sites for hydroxylation is 2. The summed E-state index contributed by atoms with van der Waals surface area (Å²) in [6.45, 7) is 7.98. The summed E-state index contributed by atoms with van der Waals surface area (Å²) < 4.78 is 7.26. The van der Waals surface area contributed by atoms with Gasteiger partial charge in [-0.05, 0) is 86.2 Å². The molecule has 2 atom stereocenters. The maximum absolute atomic E-state index is 13.6. The van der Waals surface area contributed by atoms with E-state index in [-0.39, 0.29) is 30.3 Å². The second-order valence-corrected chi connectivity index (χ2v) is 10.4. The third-order valence-electron chi connectivity index (χ3n) is 7.98. The highest BCUT2D eigenvalue weighted by Crippen LogP contribution is 2.36. The van der Waals surface area contributed by atoms with Gasteiger partial charge >= 0.3 is 5.97 Å². The number of hydrogen-bond donors (Lipinski definition) is 1. The van der Waals surface area contributed by atoms with Crippen molar-refractivity contribution in [2.45, 2.75) is 65.1 Å². The summed E-state index contributed by atoms with van der Waals surface area (Å²) in [5, 5.41) is 8.73. The Hall–Kier alpha value is -4.04. The molecule has 3 aromatic carbocycles. The van der Waals surface area contributed by atoms with Gasteiger partial charge < -0.3 is 15.4 Å². The molecule has 1 amide bonds. The summed E-state index contributed by atoms with van der Waals surface area (Å²) in [5.41, 5.74) is 13.8. The SMILES string of the molecule is CCOC(=O)C[C@H](c1ccc2c(c1)CN(C(=O)c1ccccc1)C(CCN)C2)c1ccc2c(nnn2CC)c1C. The first-order valence-electron chi connectivity index (χ1n) is 14.1. The number of nitrogens with two attached hydrogens (primary N) is 1. The zero-order valence-electron chi connectivity index (χ0n) is 23.5. The van der Waals surface area contributed by atoms with Crippen molar-refractivity contribution in [1.82, 2.24) is 19.9 Å². The average Bonchev–Trinajstić information content (AvgIpc) is 3.40. The number of carbonyl (C=O) groups excluding carboxylic acids is 2. The van der Waals surface area contributed by atoms with E-state index in [1.165, 1.54) is 5.56 Å². The van der Waals surface area contributed by atoms with Crippen LogP contribution in [0.3, 0.4) is 0 Å². The predicted molar refractivity (Wildman–Crippen MR) is 155 cm³/mol. The first kappa shape index (κ1) is 27.5. The number of benzene rings is 3. The Kier molecular flexibility index (Phi) is 8.26. The van der Waals surface area contributed by atoms with E-state index in [9.17, 15) is 9.59 Å². The Morgan fingerprint density at radius 2 is 1.88 bits per heavy atom. The smallest absolute Gasteiger partial charge is 0.306 e. The van der Waals surface area contributed by atoms with Crippen molar-refractivity contribution in [3.05, 3.63) is 94.0 Å². The van der Waals surface area contributed by atoms with Gasteiger partial charge in [-0.1, -0.05) is 47.7 Å². The third-order valence-corrected chi connectivity index (χ3v) is 7.98. The van der Waals surface area contributed by atoms with Crippen molar-refractivity contribution < 1.29 is 14.3 Å². The fourth-order valence-corrected chi connectivity index (χ4v) is 5.91. The first-order chi connectivity index (χ1) is 19.4. The molecule has 0 saturated heterocycles. The molecular weight excluding hydrogens is 502 g/mol. The normalized spacial score (nSPS) is 15.6. The number of amides is 1. The van der Waals surface area contributed by atoms with Crippen LogP contribution in [0.25, 0.3) is 11.0 Å². The molecule has 0 fully saturated rings. The highest BCUT2D eigenvalue weighted by molar-refractivity contribution is 5.94. The average molecular weight is 540 g/mol. The molecule has 8 nitrogen and oxygen atoms in total. The Bertz CT molecular complexity index is 1510. The van der Waals surface area contributed by atoms with Crippen molar-refractivity contribution in [2.24, 2.45) is 5.73 Å². The molecule has 0 radical (unpaired) electrons. The van der Waals surface area contributed by atoms with Crippen LogP contribution in [0.1, 0.15) is 70.8 Å². The van der Waals surface area contributed by atoms with Gasteiger partial charge in [0.1, 0.15) is 5.52 Å². The van der Waals surface area contributed by atoms with Gasteiger partial charge in [0.2, 0.25) is 0 Å². The topological polar surface area (TPSA) is 103 Å². The highest BCUT2D eigenvalue weighted by Gasteiger charge is 2.31. The van der Waals surface area contributed by atoms with Crippen LogP contribution in [0.2, 0.25) is 0 Å². The van der Waals surface area contributed by atoms with Crippen LogP contribution in [-0.2, 0) is 29.0 Å². The number of fused-ring (bicyclic) bond motifs is 2. The molecule has 0 spiro atoms. The van der Waals surface area contributed by atoms with Crippen molar-refractivity contribution >= 4 is 22.9 Å². The van der Waals surface area contributed by atoms with E-state index >= 15 is 0 Å². The fourth-order valence-electron chi connectivity index (χ4n) is 5.91. The van der Waals surface area contributed by atoms with Gasteiger partial charge in [0.15, 0.2) is 0 Å². The first-order valence-corrected chi connectivity index (χ1v) is 14.1. The van der Waals surface area contributed by atoms with Crippen molar-refractivity contribution in [3.63, 3.8) is 0 Å². The number of aromatic nitrogens is 3. The van der Waals surface area contributed by atoms with Crippen LogP contribution in [0, 0.1) is 6.92 Å². The number of ether oxygens (including phenoxy) is 1. The molecule has 2 heterocycles. The van der Waals surface area contributed by atoms with Gasteiger partial charge in [0.25, 0.3) is 5.91 Å². The largest absolute Gasteiger partial charge is 0.466 e. The van der Waals surface area contributed by atoms with Crippen LogP contribution in [-0.4, -0.2) is 51.0 Å². The fraction of sp³-hybridized carbons (Fsp3) is 0.375. The van der Waals surface area contributed by atoms with E-state index in [1.54, 1.807) is 0 Å². The van der Waals surface area contributed by atoms with Crippen LogP contribution in [0.15, 0.2) is 60.7 Å². The Balaban J connectivity index is 1.54. The molecule has 1 aromatic heterocycles. The molecule has 40 heavy (non-hydrogen) atoms. The number of nitrogens with zero attached hydrogens (tertiary/aromatic N) is 4. The lowest BCUT2D eigenvalue weighted by molar-refractivity contribution is -0.143. The van der Waals surface area contributed by atoms with Crippen molar-refractivity contribution in [3.8, 4) is 0 Å². The van der Waals surface area contributed by atoms with Crippen LogP contribution < -0.4 is 5.73 Å². The van der Waals surface area contributed by atoms with Crippen molar-refractivity contribution in [2.75, 3.05) is 13.2 Å². The highest BCUT2D eigenvalue weighted by atomic mass is 16.5. The summed E-state index contributed by atoms with van der Waals surface area (Å²) in [5.74, 6) is -0.454. The third kappa shape index (κ3) is 5.36. The Labute approximate surface area is 235 Å². The molecule has 1 aliphatic rings. The number of hydrogen-bond acceptors (Lipinski definition) is 6. The van der Waals surface area contributed by atoms with E-state index in [0.717, 1.165) is 52.7 Å². The lowest BCUT2D eigenvalue weighted by Crippen LogP contribution is -2.45. The van der Waals surface area contributed by atoms with E-state index in [2.05, 4.69) is 34.6 Å². The van der Waals surface area contributed by atoms with E-state index < -0.39 is 0 Å². The molecule has 1 unspecified atom stereocenters. The minimum atomic E-state index is -0.245. The molecule has 5 rings (SSSR count). The summed E-state index contributed by atoms with van der Waals surface area (Å²) in [4.78, 5) is 28.3. The molecule has 0 bridgehead atoms. The predicted octanol–water partition coefficient (Wildman–Crippen LogP) is 4.76. The maximum Gasteiger partial charge on any atom is 0.306 e. The zero-order valence-corrected chi connectivity index (χ0v) is 23.5. The molecule has 1 aliphatic heterocycles. The number of carbonyl (C=O) groups is 2. The standard InChI is InChI=1S/C32H37N5O3/c1-4-37-29-14-13-27(21(3)31(29)34-35-37)28(19-30(38)40-5-2)24-12-11-23-18-26(15-16-33)36(20-25(23)17-24)32(39)22-9-7-6-8-10-22/h6-14,17,26,28H,4-5,15-16,18-20,33H2,1-3H3/t26?,28-/m1/s1. The molecule has 2 N–H and O–H groups in total. The lowest BCUT2D eigenvalue weighted by atomic mass is 9.82. The summed E-state index contributed by atoms with van der Waals surface area (Å²) in [6, 6.07) is 20.0. The summed E-state index contributed by atoms with van der Waals surface area (Å²) in [6.07, 6.45) is 1.70. The second kappa shape index (κ2) is 12.0. The number of esters is 1. The van der Waals surface area contributed by atoms with Gasteiger partial charge in [-0.3, -0.25) is 9.59 Å². The summed E-state index contributed by atoms with van der Waals surface area (Å²) >= 11 is 0. The number of rotatable bonds is 9. The summed E-state index contributed by atoms with van der Waals surface area (Å²) in [7, 11) is 0. The monoisotopic (exact) mass is 539 g/mol. The van der Waals surface area contributed by atoms with Gasteiger partial charge in [0.05, 0.1) is 18.5 Å². The molecule has 208 valence electrons. The van der Waals surface area contributed by atoms with Gasteiger partial charge in [0, 0.05) is 30.6 Å². The molecule has 8 heteroatoms. The van der Waals surface area contributed by atoms with Crippen molar-refractivity contribution in [1.29, 1.82) is 0 Å². The van der Waals surface area contributed by atoms with Crippen LogP contribution in [0.4, 0.5) is 0 Å². The van der Waals surface area contributed by atoms with Crippen LogP contribution in [0.5, 0.6) is 0 Å². The van der Waals surface area contributed by atoms with E-state index in [1.807, 2.05) is 66.8 Å². The quantitative estimate of drug-likeness (QED) is 0.308. The maximum atomic E-state index is 13.6. The Morgan fingerprint density at radius 1 is 1.07 bits per heavy atom. The van der Waals surface area contributed by atoms with Crippen LogP contribution >= 0.6 is 0 Å². The van der Waals surface area contributed by atoms with E-state index in [0.29, 0.717) is 25.3 Å². The second-order valence-electron chi connectivity index (χ2n) is 10.4. The Morgan fingerprint density at radius 3 is 2.60 bits per heavy atom. The molecular formula is C32H37N5O3. The lowest BCUT2D eigenvalue weighted by Gasteiger charge is -2.37. The van der Waals surface area contributed by atoms with E-state index in [4.69, 9.17) is 10.5 Å². The van der Waals surface area contributed by atoms with Gasteiger partial charge in [-0.15, -0.1) is 5.10 Å². The molecule has 0 saturated carbocycles. The minimum absolute atomic E-state index is 0.0125. The van der Waals surface area contributed by atoms with Gasteiger partial charge in [-0.25, -0.2) is 4.68 Å². The zero-order chi connectivity index (χ0) is 28.2.